The summed E-state index contributed by atoms with van der Waals surface area (Å²) in [6, 6.07) is 0. The standard InChI is InChI=1S/4C4H8O2.2Mn/c4*1-2-3-4(5)6;;/h4*2-3H2,1H3,(H,5,6);;/q;;;;2*+2/p-4. The predicted octanol–water partition coefficient (Wildman–Crippen LogP) is -1.86. The minimum Gasteiger partial charge on any atom is -0.550 e. The van der Waals surface area contributed by atoms with Gasteiger partial charge in [0.25, 0.3) is 0 Å². The molecule has 0 aromatic heterocycles. The first-order chi connectivity index (χ1) is 11.1. The van der Waals surface area contributed by atoms with Crippen LogP contribution in [0.3, 0.4) is 0 Å². The topological polar surface area (TPSA) is 161 Å². The summed E-state index contributed by atoms with van der Waals surface area (Å²) in [6.07, 6.45) is 3.40. The van der Waals surface area contributed by atoms with Gasteiger partial charge in [0, 0.05) is 23.9 Å². The summed E-state index contributed by atoms with van der Waals surface area (Å²) in [5.41, 5.74) is 0. The summed E-state index contributed by atoms with van der Waals surface area (Å²) < 4.78 is 0. The van der Waals surface area contributed by atoms with Gasteiger partial charge in [-0.15, -0.1) is 0 Å². The van der Waals surface area contributed by atoms with E-state index in [1.165, 1.54) is 0 Å². The third-order valence-electron chi connectivity index (χ3n) is 1.82. The van der Waals surface area contributed by atoms with Crippen molar-refractivity contribution < 1.29 is 73.7 Å². The molecule has 0 bridgehead atoms. The van der Waals surface area contributed by atoms with Crippen LogP contribution in [-0.2, 0) is 53.3 Å². The predicted molar refractivity (Wildman–Crippen MR) is 79.7 cm³/mol. The second-order valence-electron chi connectivity index (χ2n) is 4.49. The van der Waals surface area contributed by atoms with Crippen LogP contribution in [0.15, 0.2) is 0 Å². The maximum atomic E-state index is 9.49. The van der Waals surface area contributed by atoms with Crippen LogP contribution < -0.4 is 20.4 Å². The first-order valence-corrected chi connectivity index (χ1v) is 7.88. The summed E-state index contributed by atoms with van der Waals surface area (Å²) >= 11 is 0. The van der Waals surface area contributed by atoms with E-state index in [1.807, 2.05) is 0 Å². The number of rotatable bonds is 8. The van der Waals surface area contributed by atoms with Gasteiger partial charge < -0.3 is 39.6 Å². The van der Waals surface area contributed by atoms with E-state index in [9.17, 15) is 39.6 Å². The molecule has 0 saturated heterocycles. The van der Waals surface area contributed by atoms with E-state index in [2.05, 4.69) is 0 Å². The van der Waals surface area contributed by atoms with E-state index < -0.39 is 23.9 Å². The van der Waals surface area contributed by atoms with Crippen molar-refractivity contribution in [2.45, 2.75) is 79.1 Å². The summed E-state index contributed by atoms with van der Waals surface area (Å²) in [6.45, 7) is 7.21. The molecule has 0 amide bonds. The van der Waals surface area contributed by atoms with Crippen LogP contribution >= 0.6 is 0 Å². The Balaban J connectivity index is -0.0000000500. The molecule has 26 heavy (non-hydrogen) atoms. The van der Waals surface area contributed by atoms with Crippen LogP contribution in [-0.4, -0.2) is 23.9 Å². The van der Waals surface area contributed by atoms with Gasteiger partial charge in [-0.3, -0.25) is 0 Å². The van der Waals surface area contributed by atoms with Gasteiger partial charge in [0.05, 0.1) is 0 Å². The van der Waals surface area contributed by atoms with Gasteiger partial charge in [-0.05, 0) is 25.7 Å². The number of hydrogen-bond donors (Lipinski definition) is 0. The SMILES string of the molecule is CCCC(=O)[O-].CCCC(=O)[O-].CCCC(=O)[O-].CCCC(=O)[O-].[Mn+2].[Mn+2]. The smallest absolute Gasteiger partial charge is 0.550 e. The first kappa shape index (κ1) is 39.8. The Morgan fingerprint density at radius 2 is 0.577 bits per heavy atom. The molecule has 0 saturated carbocycles. The van der Waals surface area contributed by atoms with E-state index in [0.29, 0.717) is 25.7 Å². The van der Waals surface area contributed by atoms with Crippen molar-refractivity contribution in [1.82, 2.24) is 0 Å². The molecule has 2 radical (unpaired) electrons. The Morgan fingerprint density at radius 3 is 0.577 bits per heavy atom. The third kappa shape index (κ3) is 92.4. The van der Waals surface area contributed by atoms with Crippen LogP contribution in [0.5, 0.6) is 0 Å². The minimum atomic E-state index is -0.961. The number of aliphatic carboxylic acids is 4. The maximum absolute atomic E-state index is 9.49. The van der Waals surface area contributed by atoms with Gasteiger partial charge in [0.2, 0.25) is 0 Å². The summed E-state index contributed by atoms with van der Waals surface area (Å²) in [4.78, 5) is 38.0. The largest absolute Gasteiger partial charge is 2.00 e. The Bertz CT molecular complexity index is 272. The number of carboxylic acid groups (broad SMARTS) is 4. The monoisotopic (exact) mass is 458 g/mol. The van der Waals surface area contributed by atoms with Gasteiger partial charge in [0.1, 0.15) is 0 Å². The summed E-state index contributed by atoms with van der Waals surface area (Å²) in [7, 11) is 0. The molecule has 0 heterocycles. The molecular weight excluding hydrogens is 430 g/mol. The summed E-state index contributed by atoms with van der Waals surface area (Å²) in [5, 5.41) is 38.0. The Hall–Kier alpha value is -1.08. The molecule has 8 nitrogen and oxygen atoms in total. The van der Waals surface area contributed by atoms with Crippen LogP contribution in [0, 0.1) is 0 Å². The fraction of sp³-hybridized carbons (Fsp3) is 0.750. The van der Waals surface area contributed by atoms with Gasteiger partial charge in [-0.25, -0.2) is 0 Å². The molecule has 0 unspecified atom stereocenters. The van der Waals surface area contributed by atoms with E-state index >= 15 is 0 Å². The molecule has 0 aromatic rings. The van der Waals surface area contributed by atoms with Crippen molar-refractivity contribution >= 4 is 23.9 Å². The summed E-state index contributed by atoms with van der Waals surface area (Å²) in [5.74, 6) is -3.84. The minimum absolute atomic E-state index is 0. The van der Waals surface area contributed by atoms with Crippen LogP contribution in [0.2, 0.25) is 0 Å². The van der Waals surface area contributed by atoms with Crippen molar-refractivity contribution in [3.8, 4) is 0 Å². The number of carbonyl (C=O) groups excluding carboxylic acids is 4. The molecule has 0 aliphatic carbocycles. The van der Waals surface area contributed by atoms with Gasteiger partial charge in [-0.1, -0.05) is 53.4 Å². The molecule has 0 aliphatic rings. The molecule has 0 fully saturated rings. The molecule has 10 heteroatoms. The van der Waals surface area contributed by atoms with E-state index in [0.717, 1.165) is 0 Å². The van der Waals surface area contributed by atoms with E-state index in [1.54, 1.807) is 27.7 Å². The van der Waals surface area contributed by atoms with Crippen LogP contribution in [0.25, 0.3) is 0 Å². The van der Waals surface area contributed by atoms with Gasteiger partial charge in [0.15, 0.2) is 0 Å². The van der Waals surface area contributed by atoms with Crippen LogP contribution in [0.1, 0.15) is 79.1 Å². The normalized spacial score (nSPS) is 7.54. The molecule has 0 rings (SSSR count). The zero-order valence-electron chi connectivity index (χ0n) is 15.7. The number of carbonyl (C=O) groups is 4. The molecule has 0 aromatic carbocycles. The molecule has 0 spiro atoms. The molecular formula is C16H28Mn2O8. The zero-order valence-corrected chi connectivity index (χ0v) is 18.0. The van der Waals surface area contributed by atoms with Crippen molar-refractivity contribution in [2.75, 3.05) is 0 Å². The fourth-order valence-electron chi connectivity index (χ4n) is 0.816. The van der Waals surface area contributed by atoms with Gasteiger partial charge >= 0.3 is 34.1 Å². The first-order valence-electron chi connectivity index (χ1n) is 7.88. The molecule has 0 N–H and O–H groups in total. The zero-order chi connectivity index (χ0) is 20.0. The molecule has 0 aliphatic heterocycles. The average molecular weight is 458 g/mol. The molecule has 154 valence electrons. The van der Waals surface area contributed by atoms with E-state index in [4.69, 9.17) is 0 Å². The van der Waals surface area contributed by atoms with Crippen molar-refractivity contribution in [2.24, 2.45) is 0 Å². The van der Waals surface area contributed by atoms with Crippen molar-refractivity contribution in [1.29, 1.82) is 0 Å². The molecule has 0 atom stereocenters. The van der Waals surface area contributed by atoms with Crippen LogP contribution in [0.4, 0.5) is 0 Å². The Morgan fingerprint density at radius 1 is 0.462 bits per heavy atom. The average Bonchev–Trinajstić information content (AvgIpc) is 2.39. The fourth-order valence-corrected chi connectivity index (χ4v) is 0.816. The van der Waals surface area contributed by atoms with E-state index in [-0.39, 0.29) is 59.8 Å². The second-order valence-corrected chi connectivity index (χ2v) is 4.49. The van der Waals surface area contributed by atoms with Crippen molar-refractivity contribution in [3.05, 3.63) is 0 Å². The Kier molecular flexibility index (Phi) is 53.8. The van der Waals surface area contributed by atoms with Gasteiger partial charge in [-0.2, -0.15) is 0 Å². The number of hydrogen-bond acceptors (Lipinski definition) is 8. The Labute approximate surface area is 176 Å². The van der Waals surface area contributed by atoms with Crippen molar-refractivity contribution in [3.63, 3.8) is 0 Å². The quantitative estimate of drug-likeness (QED) is 0.383. The number of carboxylic acids is 4. The third-order valence-corrected chi connectivity index (χ3v) is 1.82. The maximum Gasteiger partial charge on any atom is 2.00 e. The second kappa shape index (κ2) is 35.1.